The van der Waals surface area contributed by atoms with Gasteiger partial charge in [-0.1, -0.05) is 194 Å². The molecular formula is C43H85NO7. The fourth-order valence-corrected chi connectivity index (χ4v) is 6.62. The van der Waals surface area contributed by atoms with Crippen LogP contribution >= 0.6 is 0 Å². The Bertz CT molecular complexity index is 763. The van der Waals surface area contributed by atoms with E-state index in [0.29, 0.717) is 12.8 Å². The molecule has 8 nitrogen and oxygen atoms in total. The fraction of sp³-hybridized carbons (Fsp3) is 0.930. The third kappa shape index (κ3) is 39.4. The minimum Gasteiger partial charge on any atom is -0.462 e. The summed E-state index contributed by atoms with van der Waals surface area (Å²) in [5.74, 6) is -1.17. The highest BCUT2D eigenvalue weighted by Crippen LogP contribution is 2.17. The predicted molar refractivity (Wildman–Crippen MR) is 212 cm³/mol. The van der Waals surface area contributed by atoms with Crippen LogP contribution in [0.25, 0.3) is 0 Å². The van der Waals surface area contributed by atoms with E-state index in [-0.39, 0.29) is 37.7 Å². The maximum Gasteiger partial charge on any atom is 0.306 e. The first kappa shape index (κ1) is 51.4. The van der Waals surface area contributed by atoms with Crippen molar-refractivity contribution in [3.63, 3.8) is 0 Å². The minimum absolute atomic E-state index is 0. The van der Waals surface area contributed by atoms with Gasteiger partial charge in [0.15, 0.2) is 0 Å². The molecule has 0 spiro atoms. The van der Waals surface area contributed by atoms with E-state index in [4.69, 9.17) is 14.2 Å². The summed E-state index contributed by atoms with van der Waals surface area (Å²) in [6.45, 7) is 5.32. The minimum atomic E-state index is -0.814. The number of carbonyl (C=O) groups is 3. The van der Waals surface area contributed by atoms with Gasteiger partial charge in [-0.15, -0.1) is 0 Å². The molecule has 4 N–H and O–H groups in total. The monoisotopic (exact) mass is 728 g/mol. The van der Waals surface area contributed by atoms with Gasteiger partial charge in [0.05, 0.1) is 6.61 Å². The first-order chi connectivity index (χ1) is 24.4. The third-order valence-corrected chi connectivity index (χ3v) is 9.76. The van der Waals surface area contributed by atoms with Crippen molar-refractivity contribution in [1.82, 2.24) is 6.15 Å². The molecule has 0 aromatic rings. The number of carbonyl (C=O) groups excluding carboxylic acids is 3. The van der Waals surface area contributed by atoms with Gasteiger partial charge in [0, 0.05) is 26.2 Å². The average molecular weight is 728 g/mol. The van der Waals surface area contributed by atoms with Gasteiger partial charge in [0.25, 0.3) is 0 Å². The topological polar surface area (TPSA) is 134 Å². The van der Waals surface area contributed by atoms with Gasteiger partial charge in [-0.05, 0) is 12.8 Å². The first-order valence-corrected chi connectivity index (χ1v) is 21.6. The molecule has 2 atom stereocenters. The van der Waals surface area contributed by atoms with Crippen LogP contribution in [0.2, 0.25) is 0 Å². The Morgan fingerprint density at radius 1 is 0.451 bits per heavy atom. The molecule has 304 valence electrons. The lowest BCUT2D eigenvalue weighted by Gasteiger charge is -2.22. The number of esters is 3. The quantitative estimate of drug-likeness (QED) is 0.0363. The Hall–Kier alpha value is -1.67. The molecule has 0 aliphatic rings. The van der Waals surface area contributed by atoms with Crippen molar-refractivity contribution in [2.24, 2.45) is 0 Å². The van der Waals surface area contributed by atoms with Crippen molar-refractivity contribution >= 4 is 17.9 Å². The lowest BCUT2D eigenvalue weighted by Crippen LogP contribution is -2.32. The maximum absolute atomic E-state index is 12.6. The summed E-state index contributed by atoms with van der Waals surface area (Å²) in [7, 11) is 0. The summed E-state index contributed by atoms with van der Waals surface area (Å²) in [6, 6.07) is 0. The van der Waals surface area contributed by atoms with Crippen molar-refractivity contribution < 1.29 is 33.7 Å². The third-order valence-electron chi connectivity index (χ3n) is 9.76. The summed E-state index contributed by atoms with van der Waals surface area (Å²) in [4.78, 5) is 36.5. The van der Waals surface area contributed by atoms with E-state index in [9.17, 15) is 19.5 Å². The van der Waals surface area contributed by atoms with Crippen LogP contribution in [0.15, 0.2) is 0 Å². The van der Waals surface area contributed by atoms with Crippen molar-refractivity contribution in [3.8, 4) is 0 Å². The lowest BCUT2D eigenvalue weighted by molar-refractivity contribution is -0.164. The zero-order chi connectivity index (χ0) is 36.8. The summed E-state index contributed by atoms with van der Waals surface area (Å²) in [5, 5.41) is 9.66. The number of hydrogen-bond acceptors (Lipinski definition) is 8. The van der Waals surface area contributed by atoms with E-state index >= 15 is 0 Å². The van der Waals surface area contributed by atoms with E-state index in [1.807, 2.05) is 0 Å². The molecule has 0 saturated heterocycles. The second-order valence-corrected chi connectivity index (χ2v) is 14.8. The highest BCUT2D eigenvalue weighted by atomic mass is 16.6. The molecule has 0 aromatic carbocycles. The number of unbranched alkanes of at least 4 members (excludes halogenated alkanes) is 28. The van der Waals surface area contributed by atoms with Crippen molar-refractivity contribution in [1.29, 1.82) is 0 Å². The van der Waals surface area contributed by atoms with Crippen molar-refractivity contribution in [3.05, 3.63) is 0 Å². The lowest BCUT2D eigenvalue weighted by atomic mass is 10.0. The molecule has 0 heterocycles. The molecule has 0 amide bonds. The average Bonchev–Trinajstić information content (AvgIpc) is 3.10. The van der Waals surface area contributed by atoms with Gasteiger partial charge >= 0.3 is 17.9 Å². The number of rotatable bonds is 39. The zero-order valence-electron chi connectivity index (χ0n) is 34.0. The summed E-state index contributed by atoms with van der Waals surface area (Å²) < 4.78 is 16.3. The Morgan fingerprint density at radius 2 is 0.765 bits per heavy atom. The van der Waals surface area contributed by atoms with Gasteiger partial charge in [-0.25, -0.2) is 0 Å². The van der Waals surface area contributed by atoms with Gasteiger partial charge in [0.2, 0.25) is 0 Å². The predicted octanol–water partition coefficient (Wildman–Crippen LogP) is 12.4. The molecule has 0 saturated carbocycles. The van der Waals surface area contributed by atoms with Gasteiger partial charge in [-0.3, -0.25) is 14.4 Å². The van der Waals surface area contributed by atoms with Crippen LogP contribution in [0.5, 0.6) is 0 Å². The molecule has 0 aliphatic heterocycles. The molecule has 0 rings (SSSR count). The van der Waals surface area contributed by atoms with Crippen LogP contribution in [0, 0.1) is 0 Å². The standard InChI is InChI=1S/C43H82O7.H3N/c1-4-6-8-10-12-14-16-18-20-22-24-26-28-30-32-34-42(46)48-38-41(36-40(37-44)49-39(3)45)50-43(47)35-33-31-29-27-25-23-21-19-17-15-13-11-9-7-5-2;/h40-41,44H,4-38H2,1-3H3;1H3. The van der Waals surface area contributed by atoms with E-state index in [0.717, 1.165) is 38.5 Å². The molecule has 0 aromatic heterocycles. The molecular weight excluding hydrogens is 642 g/mol. The SMILES string of the molecule is CCCCCCCCCCCCCCCCCC(=O)OCC(CC(CO)OC(C)=O)OC(=O)CCCCCCCCCCCCCCCCC.N. The van der Waals surface area contributed by atoms with Gasteiger partial charge in [0.1, 0.15) is 18.8 Å². The number of aliphatic hydroxyl groups excluding tert-OH is 1. The molecule has 0 radical (unpaired) electrons. The van der Waals surface area contributed by atoms with E-state index in [1.165, 1.54) is 161 Å². The normalized spacial score (nSPS) is 12.2. The summed E-state index contributed by atoms with van der Waals surface area (Å²) >= 11 is 0. The van der Waals surface area contributed by atoms with Crippen LogP contribution in [0.3, 0.4) is 0 Å². The smallest absolute Gasteiger partial charge is 0.306 e. The van der Waals surface area contributed by atoms with E-state index in [1.54, 1.807) is 0 Å². The number of ether oxygens (including phenoxy) is 3. The zero-order valence-corrected chi connectivity index (χ0v) is 34.0. The number of aliphatic hydroxyl groups is 1. The largest absolute Gasteiger partial charge is 0.462 e. The van der Waals surface area contributed by atoms with Crippen LogP contribution in [0.4, 0.5) is 0 Å². The first-order valence-electron chi connectivity index (χ1n) is 21.6. The molecule has 0 bridgehead atoms. The molecule has 0 aliphatic carbocycles. The number of hydrogen-bond donors (Lipinski definition) is 2. The van der Waals surface area contributed by atoms with Crippen LogP contribution in [-0.2, 0) is 28.6 Å². The molecule has 51 heavy (non-hydrogen) atoms. The highest BCUT2D eigenvalue weighted by molar-refractivity contribution is 5.70. The van der Waals surface area contributed by atoms with Crippen molar-refractivity contribution in [2.45, 2.75) is 245 Å². The Labute approximate surface area is 315 Å². The Morgan fingerprint density at radius 3 is 1.08 bits per heavy atom. The maximum atomic E-state index is 12.6. The van der Waals surface area contributed by atoms with Gasteiger partial charge < -0.3 is 25.5 Å². The summed E-state index contributed by atoms with van der Waals surface area (Å²) in [6.07, 6.45) is 37.1. The molecule has 2 unspecified atom stereocenters. The van der Waals surface area contributed by atoms with E-state index in [2.05, 4.69) is 13.8 Å². The van der Waals surface area contributed by atoms with Crippen LogP contribution < -0.4 is 6.15 Å². The fourth-order valence-electron chi connectivity index (χ4n) is 6.62. The Balaban J connectivity index is 0. The summed E-state index contributed by atoms with van der Waals surface area (Å²) in [5.41, 5.74) is 0. The highest BCUT2D eigenvalue weighted by Gasteiger charge is 2.23. The second kappa shape index (κ2) is 41.1. The van der Waals surface area contributed by atoms with Crippen molar-refractivity contribution in [2.75, 3.05) is 13.2 Å². The van der Waals surface area contributed by atoms with Crippen LogP contribution in [-0.4, -0.2) is 48.4 Å². The second-order valence-electron chi connectivity index (χ2n) is 14.8. The molecule has 8 heteroatoms. The van der Waals surface area contributed by atoms with Crippen LogP contribution in [0.1, 0.15) is 233 Å². The Kier molecular flexibility index (Phi) is 41.4. The van der Waals surface area contributed by atoms with E-state index < -0.39 is 18.2 Å². The van der Waals surface area contributed by atoms with Gasteiger partial charge in [-0.2, -0.15) is 0 Å². The molecule has 0 fully saturated rings.